The van der Waals surface area contributed by atoms with E-state index in [1.807, 2.05) is 49.7 Å². The zero-order chi connectivity index (χ0) is 12.6. The molecule has 2 rings (SSSR count). The van der Waals surface area contributed by atoms with Crippen molar-refractivity contribution >= 4 is 11.6 Å². The highest BCUT2D eigenvalue weighted by atomic mass is 35.5. The summed E-state index contributed by atoms with van der Waals surface area (Å²) in [5.41, 5.74) is 9.74. The molecule has 4 heteroatoms. The van der Waals surface area contributed by atoms with Gasteiger partial charge in [-0.05, 0) is 38.5 Å². The van der Waals surface area contributed by atoms with Crippen molar-refractivity contribution in [3.05, 3.63) is 46.2 Å². The lowest BCUT2D eigenvalue weighted by Gasteiger charge is -2.08. The maximum absolute atomic E-state index is 6.13. The molecule has 3 nitrogen and oxygen atoms in total. The van der Waals surface area contributed by atoms with E-state index in [0.717, 1.165) is 27.7 Å². The summed E-state index contributed by atoms with van der Waals surface area (Å²) >= 11 is 6.13. The minimum Gasteiger partial charge on any atom is -0.324 e. The van der Waals surface area contributed by atoms with Crippen LogP contribution in [-0.4, -0.2) is 9.78 Å². The molecule has 0 radical (unpaired) electrons. The van der Waals surface area contributed by atoms with Gasteiger partial charge in [0.15, 0.2) is 0 Å². The van der Waals surface area contributed by atoms with Crippen LogP contribution in [0.2, 0.25) is 5.02 Å². The predicted molar refractivity (Wildman–Crippen MR) is 70.7 cm³/mol. The molecule has 0 spiro atoms. The Morgan fingerprint density at radius 3 is 2.24 bits per heavy atom. The van der Waals surface area contributed by atoms with E-state index in [2.05, 4.69) is 5.10 Å². The number of hydrogen-bond donors (Lipinski definition) is 1. The second-order valence-corrected chi connectivity index (χ2v) is 4.65. The Morgan fingerprint density at radius 1 is 1.24 bits per heavy atom. The minimum atomic E-state index is 0.0492. The van der Waals surface area contributed by atoms with E-state index < -0.39 is 0 Å². The van der Waals surface area contributed by atoms with Gasteiger partial charge in [-0.1, -0.05) is 23.7 Å². The van der Waals surface area contributed by atoms with Crippen LogP contribution in [0.5, 0.6) is 0 Å². The Hall–Kier alpha value is -1.32. The van der Waals surface area contributed by atoms with E-state index in [1.54, 1.807) is 0 Å². The largest absolute Gasteiger partial charge is 0.324 e. The molecule has 0 amide bonds. The van der Waals surface area contributed by atoms with Gasteiger partial charge < -0.3 is 5.73 Å². The highest BCUT2D eigenvalue weighted by Gasteiger charge is 2.10. The first-order valence-corrected chi connectivity index (χ1v) is 5.96. The Morgan fingerprint density at radius 2 is 1.82 bits per heavy atom. The topological polar surface area (TPSA) is 43.8 Å². The molecule has 17 heavy (non-hydrogen) atoms. The van der Waals surface area contributed by atoms with Crippen molar-refractivity contribution in [3.8, 4) is 5.69 Å². The first kappa shape index (κ1) is 12.1. The fourth-order valence-electron chi connectivity index (χ4n) is 1.79. The van der Waals surface area contributed by atoms with Gasteiger partial charge in [-0.15, -0.1) is 0 Å². The molecule has 90 valence electrons. The minimum absolute atomic E-state index is 0.0492. The third kappa shape index (κ3) is 2.21. The number of nitrogens with two attached hydrogens (primary N) is 1. The summed E-state index contributed by atoms with van der Waals surface area (Å²) in [5.74, 6) is 0. The van der Waals surface area contributed by atoms with Gasteiger partial charge in [0.2, 0.25) is 0 Å². The second kappa shape index (κ2) is 4.51. The normalized spacial score (nSPS) is 12.8. The molecular formula is C13H16ClN3. The van der Waals surface area contributed by atoms with Gasteiger partial charge in [0, 0.05) is 6.04 Å². The van der Waals surface area contributed by atoms with E-state index in [-0.39, 0.29) is 6.04 Å². The van der Waals surface area contributed by atoms with Crippen LogP contribution >= 0.6 is 11.6 Å². The van der Waals surface area contributed by atoms with Crippen LogP contribution < -0.4 is 5.73 Å². The number of aromatic nitrogens is 2. The van der Waals surface area contributed by atoms with E-state index in [0.29, 0.717) is 0 Å². The van der Waals surface area contributed by atoms with Gasteiger partial charge >= 0.3 is 0 Å². The van der Waals surface area contributed by atoms with Crippen LogP contribution in [-0.2, 0) is 0 Å². The molecule has 2 aromatic rings. The van der Waals surface area contributed by atoms with Crippen LogP contribution in [0.25, 0.3) is 5.69 Å². The number of rotatable bonds is 2. The Labute approximate surface area is 106 Å². The highest BCUT2D eigenvalue weighted by molar-refractivity contribution is 6.31. The first-order valence-electron chi connectivity index (χ1n) is 5.58. The van der Waals surface area contributed by atoms with E-state index in [9.17, 15) is 0 Å². The molecule has 0 aliphatic carbocycles. The zero-order valence-electron chi connectivity index (χ0n) is 10.2. The molecule has 0 bridgehead atoms. The molecular weight excluding hydrogens is 234 g/mol. The average molecular weight is 250 g/mol. The van der Waals surface area contributed by atoms with Gasteiger partial charge in [-0.3, -0.25) is 0 Å². The fraction of sp³-hybridized carbons (Fsp3) is 0.308. The van der Waals surface area contributed by atoms with Crippen molar-refractivity contribution in [1.29, 1.82) is 0 Å². The molecule has 0 saturated heterocycles. The number of benzene rings is 1. The fourth-order valence-corrected chi connectivity index (χ4v) is 1.91. The molecule has 2 N–H and O–H groups in total. The summed E-state index contributed by atoms with van der Waals surface area (Å²) in [6.07, 6.45) is 0. The summed E-state index contributed by atoms with van der Waals surface area (Å²) in [6.45, 7) is 5.83. The Bertz CT molecular complexity index is 526. The van der Waals surface area contributed by atoms with Crippen molar-refractivity contribution in [2.45, 2.75) is 26.8 Å². The molecule has 1 heterocycles. The van der Waals surface area contributed by atoms with Crippen molar-refractivity contribution < 1.29 is 0 Å². The van der Waals surface area contributed by atoms with Crippen molar-refractivity contribution in [2.24, 2.45) is 5.73 Å². The van der Waals surface area contributed by atoms with Crippen molar-refractivity contribution in [3.63, 3.8) is 0 Å². The Balaban J connectivity index is 2.43. The standard InChI is InChI=1S/C13H16ClN3/c1-8(15)11-4-6-12(7-5-11)17-10(3)13(14)9(2)16-17/h4-8H,15H2,1-3H3/t8-/m1/s1. The Kier molecular flexibility index (Phi) is 3.22. The smallest absolute Gasteiger partial charge is 0.0848 e. The number of nitrogens with zero attached hydrogens (tertiary/aromatic N) is 2. The molecule has 0 aliphatic rings. The monoisotopic (exact) mass is 249 g/mol. The SMILES string of the molecule is Cc1nn(-c2ccc([C@@H](C)N)cc2)c(C)c1Cl. The van der Waals surface area contributed by atoms with Crippen molar-refractivity contribution in [2.75, 3.05) is 0 Å². The summed E-state index contributed by atoms with van der Waals surface area (Å²) < 4.78 is 1.85. The van der Waals surface area contributed by atoms with E-state index in [4.69, 9.17) is 17.3 Å². The molecule has 0 aliphatic heterocycles. The summed E-state index contributed by atoms with van der Waals surface area (Å²) in [7, 11) is 0. The lowest BCUT2D eigenvalue weighted by molar-refractivity contribution is 0.808. The molecule has 1 atom stereocenters. The molecule has 1 aromatic carbocycles. The van der Waals surface area contributed by atoms with Crippen LogP contribution in [0, 0.1) is 13.8 Å². The molecule has 0 unspecified atom stereocenters. The van der Waals surface area contributed by atoms with Crippen LogP contribution in [0.15, 0.2) is 24.3 Å². The van der Waals surface area contributed by atoms with E-state index >= 15 is 0 Å². The van der Waals surface area contributed by atoms with E-state index in [1.165, 1.54) is 0 Å². The van der Waals surface area contributed by atoms with Crippen LogP contribution in [0.3, 0.4) is 0 Å². The number of halogens is 1. The molecule has 0 saturated carbocycles. The lowest BCUT2D eigenvalue weighted by Crippen LogP contribution is -2.05. The summed E-state index contributed by atoms with van der Waals surface area (Å²) in [5, 5.41) is 5.13. The third-order valence-electron chi connectivity index (χ3n) is 2.87. The van der Waals surface area contributed by atoms with Crippen LogP contribution in [0.1, 0.15) is 29.9 Å². The first-order chi connectivity index (χ1) is 8.00. The van der Waals surface area contributed by atoms with Crippen LogP contribution in [0.4, 0.5) is 0 Å². The molecule has 0 fully saturated rings. The van der Waals surface area contributed by atoms with Gasteiger partial charge in [-0.2, -0.15) is 5.10 Å². The van der Waals surface area contributed by atoms with Gasteiger partial charge in [0.05, 0.1) is 22.1 Å². The average Bonchev–Trinajstić information content (AvgIpc) is 2.57. The second-order valence-electron chi connectivity index (χ2n) is 4.28. The maximum Gasteiger partial charge on any atom is 0.0848 e. The lowest BCUT2D eigenvalue weighted by atomic mass is 10.1. The van der Waals surface area contributed by atoms with Gasteiger partial charge in [0.1, 0.15) is 0 Å². The van der Waals surface area contributed by atoms with Crippen molar-refractivity contribution in [1.82, 2.24) is 9.78 Å². The van der Waals surface area contributed by atoms with Gasteiger partial charge in [0.25, 0.3) is 0 Å². The zero-order valence-corrected chi connectivity index (χ0v) is 11.0. The highest BCUT2D eigenvalue weighted by Crippen LogP contribution is 2.23. The summed E-state index contributed by atoms with van der Waals surface area (Å²) in [6, 6.07) is 8.10. The number of hydrogen-bond acceptors (Lipinski definition) is 2. The number of aryl methyl sites for hydroxylation is 1. The summed E-state index contributed by atoms with van der Waals surface area (Å²) in [4.78, 5) is 0. The van der Waals surface area contributed by atoms with Gasteiger partial charge in [-0.25, -0.2) is 4.68 Å². The maximum atomic E-state index is 6.13. The quantitative estimate of drug-likeness (QED) is 0.889. The third-order valence-corrected chi connectivity index (χ3v) is 3.41. The molecule has 1 aromatic heterocycles. The predicted octanol–water partition coefficient (Wildman–Crippen LogP) is 3.16.